The Hall–Kier alpha value is -2.46. The molecule has 0 aliphatic carbocycles. The molecule has 6 atom stereocenters. The molecule has 0 fully saturated rings. The minimum atomic E-state index is -4.96. The fourth-order valence-electron chi connectivity index (χ4n) is 10.5. The number of allylic oxidation sites excluding steroid dienone is 4. The van der Waals surface area contributed by atoms with Crippen molar-refractivity contribution < 1.29 is 80.2 Å². The number of phosphoric acid groups is 2. The van der Waals surface area contributed by atoms with Gasteiger partial charge in [0.1, 0.15) is 19.3 Å². The molecule has 0 aromatic heterocycles. The fourth-order valence-corrected chi connectivity index (χ4v) is 12.1. The molecule has 0 aliphatic rings. The molecule has 0 aliphatic heterocycles. The molecule has 0 rings (SSSR count). The molecule has 0 bridgehead atoms. The second-order valence-electron chi connectivity index (χ2n) is 26.4. The third-order valence-electron chi connectivity index (χ3n) is 16.7. The Bertz CT molecular complexity index is 1880. The summed E-state index contributed by atoms with van der Waals surface area (Å²) in [5, 5.41) is 10.6. The van der Waals surface area contributed by atoms with E-state index in [1.807, 2.05) is 0 Å². The quantitative estimate of drug-likeness (QED) is 0.0169. The molecule has 3 unspecified atom stereocenters. The summed E-state index contributed by atoms with van der Waals surface area (Å²) in [7, 11) is -9.91. The van der Waals surface area contributed by atoms with E-state index in [4.69, 9.17) is 37.0 Å². The number of carbonyl (C=O) groups is 4. The Morgan fingerprint density at radius 1 is 0.359 bits per heavy atom. The van der Waals surface area contributed by atoms with E-state index in [2.05, 4.69) is 65.8 Å². The maximum atomic E-state index is 13.0. The first-order chi connectivity index (χ1) is 44.4. The Labute approximate surface area is 561 Å². The number of esters is 4. The lowest BCUT2D eigenvalue weighted by Gasteiger charge is -2.21. The average Bonchev–Trinajstić information content (AvgIpc) is 1.56. The van der Waals surface area contributed by atoms with Crippen LogP contribution in [-0.4, -0.2) is 96.7 Å². The largest absolute Gasteiger partial charge is 0.472 e. The highest BCUT2D eigenvalue weighted by molar-refractivity contribution is 7.47. The summed E-state index contributed by atoms with van der Waals surface area (Å²) in [4.78, 5) is 72.4. The van der Waals surface area contributed by atoms with E-state index < -0.39 is 97.5 Å². The summed E-state index contributed by atoms with van der Waals surface area (Å²) in [5.41, 5.74) is 0. The minimum Gasteiger partial charge on any atom is -0.462 e. The lowest BCUT2D eigenvalue weighted by atomic mass is 9.99. The van der Waals surface area contributed by atoms with E-state index in [-0.39, 0.29) is 25.7 Å². The molecule has 17 nitrogen and oxygen atoms in total. The van der Waals surface area contributed by atoms with E-state index in [1.54, 1.807) is 0 Å². The van der Waals surface area contributed by atoms with Crippen LogP contribution in [0, 0.1) is 11.8 Å². The van der Waals surface area contributed by atoms with Crippen LogP contribution < -0.4 is 0 Å². The molecule has 542 valence electrons. The first-order valence-corrected chi connectivity index (χ1v) is 40.3. The molecule has 0 aromatic carbocycles. The van der Waals surface area contributed by atoms with E-state index in [0.717, 1.165) is 127 Å². The Morgan fingerprint density at radius 2 is 0.641 bits per heavy atom. The zero-order valence-electron chi connectivity index (χ0n) is 59.3. The number of rotatable bonds is 70. The van der Waals surface area contributed by atoms with Crippen LogP contribution in [-0.2, 0) is 65.4 Å². The van der Waals surface area contributed by atoms with E-state index in [1.165, 1.54) is 141 Å². The van der Waals surface area contributed by atoms with E-state index in [9.17, 15) is 43.2 Å². The number of unbranched alkanes of at least 4 members (excludes halogenated alkanes) is 36. The number of carbonyl (C=O) groups excluding carboxylic acids is 4. The van der Waals surface area contributed by atoms with Crippen molar-refractivity contribution >= 4 is 39.5 Å². The van der Waals surface area contributed by atoms with Gasteiger partial charge < -0.3 is 33.8 Å². The summed E-state index contributed by atoms with van der Waals surface area (Å²) >= 11 is 0. The van der Waals surface area contributed by atoms with Gasteiger partial charge in [0, 0.05) is 25.7 Å². The molecule has 3 N–H and O–H groups in total. The molecule has 0 saturated carbocycles. The zero-order valence-corrected chi connectivity index (χ0v) is 61.1. The highest BCUT2D eigenvalue weighted by Crippen LogP contribution is 2.45. The first kappa shape index (κ1) is 89.5. The minimum absolute atomic E-state index is 0.101. The van der Waals surface area contributed by atoms with Crippen LogP contribution >= 0.6 is 15.6 Å². The van der Waals surface area contributed by atoms with Gasteiger partial charge in [-0.3, -0.25) is 37.3 Å². The van der Waals surface area contributed by atoms with Gasteiger partial charge in [-0.2, -0.15) is 0 Å². The summed E-state index contributed by atoms with van der Waals surface area (Å²) in [6.07, 6.45) is 53.8. The lowest BCUT2D eigenvalue weighted by Crippen LogP contribution is -2.30. The molecule has 0 radical (unpaired) electrons. The van der Waals surface area contributed by atoms with Crippen molar-refractivity contribution in [3.8, 4) is 0 Å². The number of hydrogen-bond acceptors (Lipinski definition) is 15. The summed E-state index contributed by atoms with van der Waals surface area (Å²) < 4.78 is 68.1. The van der Waals surface area contributed by atoms with Gasteiger partial charge in [-0.05, 0) is 63.2 Å². The fraction of sp³-hybridized carbons (Fsp3) is 0.890. The van der Waals surface area contributed by atoms with Gasteiger partial charge in [0.05, 0.1) is 26.4 Å². The SMILES string of the molecule is CCCCCC/C=C\C=C/CCCCCCCC(=O)OC[C@H](COP(=O)(O)OC[C@@H](O)COP(=O)(O)OC[C@@H](COC(=O)CCCCCCC)OC(=O)CCCCCCCCCCCCCC(C)C)OC(=O)CCCCCCCCCCCCCCCCC(C)CC. The predicted molar refractivity (Wildman–Crippen MR) is 372 cm³/mol. The molecular weight excluding hydrogens is 1210 g/mol. The monoisotopic (exact) mass is 1350 g/mol. The highest BCUT2D eigenvalue weighted by atomic mass is 31.2. The van der Waals surface area contributed by atoms with Gasteiger partial charge in [0.25, 0.3) is 0 Å². The van der Waals surface area contributed by atoms with Gasteiger partial charge in [0.2, 0.25) is 0 Å². The van der Waals surface area contributed by atoms with Crippen molar-refractivity contribution in [2.24, 2.45) is 11.8 Å². The Morgan fingerprint density at radius 3 is 0.978 bits per heavy atom. The molecule has 0 spiro atoms. The maximum Gasteiger partial charge on any atom is 0.472 e. The van der Waals surface area contributed by atoms with Gasteiger partial charge in [-0.15, -0.1) is 0 Å². The number of ether oxygens (including phenoxy) is 4. The van der Waals surface area contributed by atoms with Gasteiger partial charge in [0.15, 0.2) is 12.2 Å². The van der Waals surface area contributed by atoms with Crippen molar-refractivity contribution in [3.63, 3.8) is 0 Å². The highest BCUT2D eigenvalue weighted by Gasteiger charge is 2.30. The average molecular weight is 1350 g/mol. The first-order valence-electron chi connectivity index (χ1n) is 37.3. The summed E-state index contributed by atoms with van der Waals surface area (Å²) in [6, 6.07) is 0. The van der Waals surface area contributed by atoms with Crippen LogP contribution in [0.3, 0.4) is 0 Å². The van der Waals surface area contributed by atoms with Crippen molar-refractivity contribution in [3.05, 3.63) is 24.3 Å². The number of phosphoric ester groups is 2. The van der Waals surface area contributed by atoms with Crippen LogP contribution in [0.4, 0.5) is 0 Å². The Balaban J connectivity index is 5.19. The molecule has 0 aromatic rings. The van der Waals surface area contributed by atoms with Crippen molar-refractivity contribution in [2.45, 2.75) is 368 Å². The summed E-state index contributed by atoms with van der Waals surface area (Å²) in [5.74, 6) is -0.554. The second kappa shape index (κ2) is 64.5. The normalized spacial score (nSPS) is 14.5. The Kier molecular flexibility index (Phi) is 62.8. The van der Waals surface area contributed by atoms with E-state index in [0.29, 0.717) is 25.7 Å². The van der Waals surface area contributed by atoms with Crippen LogP contribution in [0.2, 0.25) is 0 Å². The van der Waals surface area contributed by atoms with Crippen molar-refractivity contribution in [1.82, 2.24) is 0 Å². The number of aliphatic hydroxyl groups excluding tert-OH is 1. The van der Waals surface area contributed by atoms with Crippen LogP contribution in [0.1, 0.15) is 350 Å². The van der Waals surface area contributed by atoms with Crippen molar-refractivity contribution in [2.75, 3.05) is 39.6 Å². The standard InChI is InChI=1S/C73H138O17P2/c1-7-10-12-14-15-16-17-18-19-23-28-33-38-44-50-56-71(76)84-62-69(90-73(78)57-51-45-39-34-29-24-21-20-22-27-32-37-43-48-54-66(6)9-3)64-88-92(81,82)86-60-67(74)59-85-91(79,80)87-63-68(61-83-70(75)55-49-41-13-11-8-2)89-72(77)58-52-46-40-35-30-25-26-31-36-42-47-53-65(4)5/h16-19,65-69,74H,7-15,20-64H2,1-6H3,(H,79,80)(H,81,82)/b17-16-,19-18-/t66?,67-,68+,69+/m0/s1. The van der Waals surface area contributed by atoms with Crippen LogP contribution in [0.15, 0.2) is 24.3 Å². The third-order valence-corrected chi connectivity index (χ3v) is 18.6. The lowest BCUT2D eigenvalue weighted by molar-refractivity contribution is -0.161. The molecule has 0 amide bonds. The molecule has 19 heteroatoms. The summed E-state index contributed by atoms with van der Waals surface area (Å²) in [6.45, 7) is 9.47. The smallest absolute Gasteiger partial charge is 0.462 e. The molecular formula is C73H138O17P2. The van der Waals surface area contributed by atoms with Crippen LogP contribution in [0.25, 0.3) is 0 Å². The topological polar surface area (TPSA) is 237 Å². The van der Waals surface area contributed by atoms with Crippen LogP contribution in [0.5, 0.6) is 0 Å². The number of hydrogen-bond donors (Lipinski definition) is 3. The van der Waals surface area contributed by atoms with Gasteiger partial charge >= 0.3 is 39.5 Å². The number of aliphatic hydroxyl groups is 1. The third kappa shape index (κ3) is 64.9. The van der Waals surface area contributed by atoms with Crippen molar-refractivity contribution in [1.29, 1.82) is 0 Å². The maximum absolute atomic E-state index is 13.0. The predicted octanol–water partition coefficient (Wildman–Crippen LogP) is 20.7. The van der Waals surface area contributed by atoms with E-state index >= 15 is 0 Å². The van der Waals surface area contributed by atoms with Gasteiger partial charge in [-0.1, -0.05) is 297 Å². The zero-order chi connectivity index (χ0) is 67.9. The molecule has 0 saturated heterocycles. The molecule has 92 heavy (non-hydrogen) atoms. The molecule has 0 heterocycles. The second-order valence-corrected chi connectivity index (χ2v) is 29.3. The van der Waals surface area contributed by atoms with Gasteiger partial charge in [-0.25, -0.2) is 9.13 Å².